The number of aromatic nitrogens is 1. The zero-order valence-electron chi connectivity index (χ0n) is 16.1. The van der Waals surface area contributed by atoms with E-state index in [9.17, 15) is 4.55 Å². The number of methoxy groups -OCH3 is 1. The van der Waals surface area contributed by atoms with Gasteiger partial charge < -0.3 is 14.0 Å². The molecule has 0 radical (unpaired) electrons. The maximum absolute atomic E-state index is 12.3. The lowest BCUT2D eigenvalue weighted by molar-refractivity contribution is 0.104. The molecule has 6 heteroatoms. The molecule has 0 fully saturated rings. The summed E-state index contributed by atoms with van der Waals surface area (Å²) in [6.45, 7) is 8.79. The van der Waals surface area contributed by atoms with Gasteiger partial charge in [0.15, 0.2) is 0 Å². The number of hydrogen-bond acceptors (Lipinski definition) is 5. The highest BCUT2D eigenvalue weighted by molar-refractivity contribution is 7.90. The summed E-state index contributed by atoms with van der Waals surface area (Å²) in [5.74, 6) is 0.831. The lowest BCUT2D eigenvalue weighted by atomic mass is 10.1. The van der Waals surface area contributed by atoms with Crippen LogP contribution in [-0.2, 0) is 29.3 Å². The van der Waals surface area contributed by atoms with Crippen LogP contribution in [-0.4, -0.2) is 21.4 Å². The Morgan fingerprint density at radius 1 is 1.15 bits per heavy atom. The molecular formula is C20H28N2O3S. The van der Waals surface area contributed by atoms with Crippen molar-refractivity contribution in [1.29, 1.82) is 0 Å². The number of benzene rings is 1. The zero-order valence-corrected chi connectivity index (χ0v) is 16.9. The van der Waals surface area contributed by atoms with Crippen molar-refractivity contribution in [3.8, 4) is 5.75 Å². The maximum atomic E-state index is 12.3. The third kappa shape index (κ3) is 6.29. The molecule has 1 heterocycles. The SMILES string of the molecule is COc1ccc(COCc2cc(C(C)N[S+]([O-])C(C)(C)C)ccn2)cc1. The molecule has 2 unspecified atom stereocenters. The third-order valence-electron chi connectivity index (χ3n) is 3.86. The maximum Gasteiger partial charge on any atom is 0.136 e. The molecule has 2 rings (SSSR count). The molecule has 0 aliphatic rings. The average Bonchev–Trinajstić information content (AvgIpc) is 2.61. The second-order valence-corrected chi connectivity index (χ2v) is 9.14. The standard InChI is InChI=1S/C20H28N2O3S/c1-15(22-26(23)20(2,3)4)17-10-11-21-18(12-17)14-25-13-16-6-8-19(24-5)9-7-16/h6-12,15,22H,13-14H2,1-5H3. The first-order chi connectivity index (χ1) is 12.3. The minimum atomic E-state index is -1.12. The van der Waals surface area contributed by atoms with Crippen molar-refractivity contribution in [1.82, 2.24) is 9.71 Å². The van der Waals surface area contributed by atoms with Crippen molar-refractivity contribution in [3.63, 3.8) is 0 Å². The summed E-state index contributed by atoms with van der Waals surface area (Å²) in [4.78, 5) is 4.36. The molecule has 0 bridgehead atoms. The van der Waals surface area contributed by atoms with E-state index in [-0.39, 0.29) is 10.8 Å². The van der Waals surface area contributed by atoms with Crippen molar-refractivity contribution in [2.75, 3.05) is 7.11 Å². The topological polar surface area (TPSA) is 66.4 Å². The summed E-state index contributed by atoms with van der Waals surface area (Å²) >= 11 is -1.12. The van der Waals surface area contributed by atoms with Crippen molar-refractivity contribution >= 4 is 11.4 Å². The van der Waals surface area contributed by atoms with E-state index in [4.69, 9.17) is 9.47 Å². The van der Waals surface area contributed by atoms with Crippen molar-refractivity contribution in [2.45, 2.75) is 51.7 Å². The molecule has 0 aliphatic carbocycles. The lowest BCUT2D eigenvalue weighted by Crippen LogP contribution is -2.40. The van der Waals surface area contributed by atoms with Gasteiger partial charge in [0.2, 0.25) is 0 Å². The second kappa shape index (κ2) is 9.37. The van der Waals surface area contributed by atoms with Gasteiger partial charge in [-0.05, 0) is 63.1 Å². The molecule has 5 nitrogen and oxygen atoms in total. The van der Waals surface area contributed by atoms with Crippen LogP contribution in [0.15, 0.2) is 42.6 Å². The summed E-state index contributed by atoms with van der Waals surface area (Å²) in [6.07, 6.45) is 1.76. The smallest absolute Gasteiger partial charge is 0.136 e. The molecular weight excluding hydrogens is 348 g/mol. The van der Waals surface area contributed by atoms with Gasteiger partial charge in [-0.25, -0.2) is 0 Å². The predicted octanol–water partition coefficient (Wildman–Crippen LogP) is 3.92. The van der Waals surface area contributed by atoms with E-state index in [2.05, 4.69) is 9.71 Å². The summed E-state index contributed by atoms with van der Waals surface area (Å²) < 4.78 is 26.0. The number of nitrogens with zero attached hydrogens (tertiary/aromatic N) is 1. The van der Waals surface area contributed by atoms with Crippen LogP contribution in [0.1, 0.15) is 50.6 Å². The molecule has 2 atom stereocenters. The van der Waals surface area contributed by atoms with E-state index in [1.54, 1.807) is 13.3 Å². The van der Waals surface area contributed by atoms with Gasteiger partial charge in [-0.3, -0.25) is 4.98 Å². The Hall–Kier alpha value is -1.60. The fourth-order valence-corrected chi connectivity index (χ4v) is 3.06. The van der Waals surface area contributed by atoms with Crippen LogP contribution in [0.3, 0.4) is 0 Å². The van der Waals surface area contributed by atoms with Gasteiger partial charge in [0.05, 0.1) is 32.1 Å². The quantitative estimate of drug-likeness (QED) is 0.707. The summed E-state index contributed by atoms with van der Waals surface area (Å²) in [6, 6.07) is 11.7. The Morgan fingerprint density at radius 3 is 2.46 bits per heavy atom. The minimum absolute atomic E-state index is 0.0293. The second-order valence-electron chi connectivity index (χ2n) is 7.14. The molecule has 0 saturated heterocycles. The van der Waals surface area contributed by atoms with Crippen molar-refractivity contribution in [2.24, 2.45) is 0 Å². The Balaban J connectivity index is 1.89. The van der Waals surface area contributed by atoms with Gasteiger partial charge in [-0.1, -0.05) is 12.1 Å². The fraction of sp³-hybridized carbons (Fsp3) is 0.450. The molecule has 26 heavy (non-hydrogen) atoms. The van der Waals surface area contributed by atoms with Gasteiger partial charge in [0, 0.05) is 17.6 Å². The normalized spacial score (nSPS) is 14.1. The number of pyridine rings is 1. The van der Waals surface area contributed by atoms with Crippen molar-refractivity contribution in [3.05, 3.63) is 59.4 Å². The molecule has 0 aliphatic heterocycles. The Labute approximate surface area is 159 Å². The van der Waals surface area contributed by atoms with E-state index < -0.39 is 11.4 Å². The van der Waals surface area contributed by atoms with Gasteiger partial charge in [0.1, 0.15) is 10.5 Å². The monoisotopic (exact) mass is 376 g/mol. The van der Waals surface area contributed by atoms with Crippen LogP contribution in [0, 0.1) is 0 Å². The van der Waals surface area contributed by atoms with E-state index in [0.717, 1.165) is 22.6 Å². The molecule has 1 N–H and O–H groups in total. The van der Waals surface area contributed by atoms with E-state index in [0.29, 0.717) is 13.2 Å². The number of rotatable bonds is 8. The molecule has 0 amide bonds. The van der Waals surface area contributed by atoms with E-state index >= 15 is 0 Å². The molecule has 0 saturated carbocycles. The summed E-state index contributed by atoms with van der Waals surface area (Å²) in [7, 11) is 1.65. The van der Waals surface area contributed by atoms with Crippen LogP contribution in [0.4, 0.5) is 0 Å². The van der Waals surface area contributed by atoms with Gasteiger partial charge >= 0.3 is 0 Å². The Bertz CT molecular complexity index is 686. The highest BCUT2D eigenvalue weighted by Gasteiger charge is 2.28. The van der Waals surface area contributed by atoms with E-state index in [1.807, 2.05) is 64.1 Å². The first-order valence-corrected chi connectivity index (χ1v) is 9.78. The zero-order chi connectivity index (χ0) is 19.2. The number of hydrogen-bond donors (Lipinski definition) is 1. The minimum Gasteiger partial charge on any atom is -0.598 e. The Morgan fingerprint density at radius 2 is 1.85 bits per heavy atom. The first kappa shape index (κ1) is 20.7. The molecule has 0 spiro atoms. The van der Waals surface area contributed by atoms with Crippen LogP contribution < -0.4 is 9.46 Å². The fourth-order valence-electron chi connectivity index (χ4n) is 2.25. The number of nitrogens with one attached hydrogen (secondary N) is 1. The van der Waals surface area contributed by atoms with Crippen LogP contribution in [0.5, 0.6) is 5.75 Å². The third-order valence-corrected chi connectivity index (χ3v) is 5.54. The highest BCUT2D eigenvalue weighted by atomic mass is 32.2. The van der Waals surface area contributed by atoms with Gasteiger partial charge in [-0.15, -0.1) is 4.72 Å². The summed E-state index contributed by atoms with van der Waals surface area (Å²) in [5, 5.41) is 0. The van der Waals surface area contributed by atoms with Crippen molar-refractivity contribution < 1.29 is 14.0 Å². The molecule has 1 aromatic heterocycles. The summed E-state index contributed by atoms with van der Waals surface area (Å²) in [5.41, 5.74) is 2.98. The van der Waals surface area contributed by atoms with Gasteiger partial charge in [-0.2, -0.15) is 0 Å². The Kier molecular flexibility index (Phi) is 7.46. The largest absolute Gasteiger partial charge is 0.598 e. The highest BCUT2D eigenvalue weighted by Crippen LogP contribution is 2.20. The molecule has 142 valence electrons. The predicted molar refractivity (Wildman–Crippen MR) is 105 cm³/mol. The van der Waals surface area contributed by atoms with E-state index in [1.165, 1.54) is 0 Å². The van der Waals surface area contributed by atoms with Crippen LogP contribution in [0.2, 0.25) is 0 Å². The van der Waals surface area contributed by atoms with Crippen LogP contribution >= 0.6 is 0 Å². The lowest BCUT2D eigenvalue weighted by Gasteiger charge is -2.26. The van der Waals surface area contributed by atoms with Gasteiger partial charge in [0.25, 0.3) is 0 Å². The first-order valence-electron chi connectivity index (χ1n) is 8.63. The van der Waals surface area contributed by atoms with Crippen LogP contribution in [0.25, 0.3) is 0 Å². The average molecular weight is 377 g/mol. The molecule has 2 aromatic rings. The molecule has 1 aromatic carbocycles. The number of ether oxygens (including phenoxy) is 2.